The van der Waals surface area contributed by atoms with E-state index in [1.54, 1.807) is 18.2 Å². The molecule has 0 fully saturated rings. The van der Waals surface area contributed by atoms with Gasteiger partial charge in [0.05, 0.1) is 23.4 Å². The number of ether oxygens (including phenoxy) is 2. The van der Waals surface area contributed by atoms with Crippen molar-refractivity contribution in [2.75, 3.05) is 6.61 Å². The standard InChI is InChI=1S/C26H21F3N2O3/c1-2-33-19-12-10-18(11-13-19)24-15-22(21-8-3-4-9-23(21)31-24)25(32)30-16-17-6-5-7-20(14-17)34-26(27,28)29/h3-15H,2,16H2,1H3,(H,30,32). The van der Waals surface area contributed by atoms with Crippen LogP contribution in [0.15, 0.2) is 78.9 Å². The van der Waals surface area contributed by atoms with Crippen molar-refractivity contribution < 1.29 is 27.4 Å². The number of carbonyl (C=O) groups excluding carboxylic acids is 1. The van der Waals surface area contributed by atoms with Crippen LogP contribution >= 0.6 is 0 Å². The van der Waals surface area contributed by atoms with Crippen LogP contribution in [0, 0.1) is 0 Å². The average molecular weight is 466 g/mol. The van der Waals surface area contributed by atoms with E-state index in [4.69, 9.17) is 4.74 Å². The SMILES string of the molecule is CCOc1ccc(-c2cc(C(=O)NCc3cccc(OC(F)(F)F)c3)c3ccccc3n2)cc1. The summed E-state index contributed by atoms with van der Waals surface area (Å²) in [5.74, 6) is 0.0288. The maximum absolute atomic E-state index is 13.1. The fourth-order valence-corrected chi connectivity index (χ4v) is 3.53. The molecule has 1 N–H and O–H groups in total. The van der Waals surface area contributed by atoms with E-state index in [9.17, 15) is 18.0 Å². The fraction of sp³-hybridized carbons (Fsp3) is 0.154. The summed E-state index contributed by atoms with van der Waals surface area (Å²) in [6.45, 7) is 2.50. The number of nitrogens with one attached hydrogen (secondary N) is 1. The number of amides is 1. The summed E-state index contributed by atoms with van der Waals surface area (Å²) in [6, 6.07) is 21.9. The Hall–Kier alpha value is -4.07. The Morgan fingerprint density at radius 1 is 0.941 bits per heavy atom. The molecule has 0 bridgehead atoms. The number of nitrogens with zero attached hydrogens (tertiary/aromatic N) is 1. The molecule has 3 aromatic carbocycles. The summed E-state index contributed by atoms with van der Waals surface area (Å²) < 4.78 is 46.9. The number of halogens is 3. The van der Waals surface area contributed by atoms with Gasteiger partial charge < -0.3 is 14.8 Å². The largest absolute Gasteiger partial charge is 0.573 e. The monoisotopic (exact) mass is 466 g/mol. The first-order valence-electron chi connectivity index (χ1n) is 10.6. The van der Waals surface area contributed by atoms with Crippen LogP contribution < -0.4 is 14.8 Å². The highest BCUT2D eigenvalue weighted by atomic mass is 19.4. The number of hydrogen-bond acceptors (Lipinski definition) is 4. The fourth-order valence-electron chi connectivity index (χ4n) is 3.53. The third kappa shape index (κ3) is 5.64. The van der Waals surface area contributed by atoms with Gasteiger partial charge in [0.15, 0.2) is 0 Å². The number of carbonyl (C=O) groups is 1. The van der Waals surface area contributed by atoms with Crippen molar-refractivity contribution in [2.24, 2.45) is 0 Å². The summed E-state index contributed by atoms with van der Waals surface area (Å²) in [6.07, 6.45) is -4.78. The van der Waals surface area contributed by atoms with E-state index >= 15 is 0 Å². The smallest absolute Gasteiger partial charge is 0.494 e. The van der Waals surface area contributed by atoms with Gasteiger partial charge in [0.25, 0.3) is 5.91 Å². The molecule has 0 aliphatic rings. The summed E-state index contributed by atoms with van der Waals surface area (Å²) in [5.41, 5.74) is 2.98. The Balaban J connectivity index is 1.59. The van der Waals surface area contributed by atoms with Crippen LogP contribution in [0.2, 0.25) is 0 Å². The Bertz CT molecular complexity index is 1300. The van der Waals surface area contributed by atoms with Gasteiger partial charge in [0.2, 0.25) is 0 Å². The van der Waals surface area contributed by atoms with Crippen LogP contribution in [-0.4, -0.2) is 23.9 Å². The van der Waals surface area contributed by atoms with E-state index in [0.29, 0.717) is 34.3 Å². The molecular weight excluding hydrogens is 445 g/mol. The van der Waals surface area contributed by atoms with Gasteiger partial charge in [0.1, 0.15) is 11.5 Å². The Kier molecular flexibility index (Phi) is 6.67. The van der Waals surface area contributed by atoms with Crippen LogP contribution in [0.3, 0.4) is 0 Å². The number of rotatable bonds is 7. The van der Waals surface area contributed by atoms with Crippen molar-refractivity contribution in [3.8, 4) is 22.8 Å². The highest BCUT2D eigenvalue weighted by Crippen LogP contribution is 2.27. The van der Waals surface area contributed by atoms with Gasteiger partial charge in [-0.15, -0.1) is 13.2 Å². The number of benzene rings is 3. The second-order valence-corrected chi connectivity index (χ2v) is 7.41. The van der Waals surface area contributed by atoms with E-state index in [-0.39, 0.29) is 18.2 Å². The molecule has 5 nitrogen and oxygen atoms in total. The van der Waals surface area contributed by atoms with E-state index in [1.165, 1.54) is 18.2 Å². The predicted molar refractivity (Wildman–Crippen MR) is 123 cm³/mol. The van der Waals surface area contributed by atoms with Crippen molar-refractivity contribution in [2.45, 2.75) is 19.8 Å². The van der Waals surface area contributed by atoms with Gasteiger partial charge in [-0.1, -0.05) is 30.3 Å². The quantitative estimate of drug-likeness (QED) is 0.356. The summed E-state index contributed by atoms with van der Waals surface area (Å²) in [4.78, 5) is 17.8. The second-order valence-electron chi connectivity index (χ2n) is 7.41. The Morgan fingerprint density at radius 2 is 1.71 bits per heavy atom. The topological polar surface area (TPSA) is 60.5 Å². The van der Waals surface area contributed by atoms with Crippen LogP contribution in [0.4, 0.5) is 13.2 Å². The van der Waals surface area contributed by atoms with Gasteiger partial charge in [-0.3, -0.25) is 4.79 Å². The van der Waals surface area contributed by atoms with Crippen LogP contribution in [0.25, 0.3) is 22.2 Å². The van der Waals surface area contributed by atoms with Crippen LogP contribution in [0.5, 0.6) is 11.5 Å². The van der Waals surface area contributed by atoms with Crippen LogP contribution in [-0.2, 0) is 6.54 Å². The van der Waals surface area contributed by atoms with Gasteiger partial charge in [0, 0.05) is 17.5 Å². The van der Waals surface area contributed by atoms with Crippen molar-refractivity contribution in [1.82, 2.24) is 10.3 Å². The molecule has 0 atom stereocenters. The first-order valence-corrected chi connectivity index (χ1v) is 10.6. The zero-order valence-corrected chi connectivity index (χ0v) is 18.2. The lowest BCUT2D eigenvalue weighted by molar-refractivity contribution is -0.274. The number of aromatic nitrogens is 1. The van der Waals surface area contributed by atoms with Gasteiger partial charge in [-0.25, -0.2) is 4.98 Å². The van der Waals surface area contributed by atoms with Crippen molar-refractivity contribution in [1.29, 1.82) is 0 Å². The molecule has 174 valence electrons. The number of alkyl halides is 3. The molecule has 0 aliphatic carbocycles. The maximum atomic E-state index is 13.1. The van der Waals surface area contributed by atoms with E-state index in [1.807, 2.05) is 49.4 Å². The lowest BCUT2D eigenvalue weighted by Crippen LogP contribution is -2.23. The molecular formula is C26H21F3N2O3. The number of para-hydroxylation sites is 1. The van der Waals surface area contributed by atoms with Crippen molar-refractivity contribution in [3.05, 3.63) is 90.0 Å². The Morgan fingerprint density at radius 3 is 2.44 bits per heavy atom. The molecule has 1 aromatic heterocycles. The number of pyridine rings is 1. The lowest BCUT2D eigenvalue weighted by atomic mass is 10.0. The lowest BCUT2D eigenvalue weighted by Gasteiger charge is -2.12. The molecule has 1 amide bonds. The first-order chi connectivity index (χ1) is 16.3. The van der Waals surface area contributed by atoms with Crippen molar-refractivity contribution in [3.63, 3.8) is 0 Å². The molecule has 0 saturated heterocycles. The molecule has 0 spiro atoms. The summed E-state index contributed by atoms with van der Waals surface area (Å²) >= 11 is 0. The van der Waals surface area contributed by atoms with Crippen molar-refractivity contribution >= 4 is 16.8 Å². The molecule has 8 heteroatoms. The predicted octanol–water partition coefficient (Wildman–Crippen LogP) is 6.13. The highest BCUT2D eigenvalue weighted by molar-refractivity contribution is 6.07. The van der Waals surface area contributed by atoms with E-state index in [2.05, 4.69) is 15.0 Å². The maximum Gasteiger partial charge on any atom is 0.573 e. The van der Waals surface area contributed by atoms with E-state index in [0.717, 1.165) is 11.3 Å². The zero-order valence-electron chi connectivity index (χ0n) is 18.2. The molecule has 1 heterocycles. The molecule has 0 saturated carbocycles. The minimum Gasteiger partial charge on any atom is -0.494 e. The minimum absolute atomic E-state index is 0.0307. The Labute approximate surface area is 194 Å². The average Bonchev–Trinajstić information content (AvgIpc) is 2.82. The molecule has 4 rings (SSSR count). The molecule has 0 aliphatic heterocycles. The van der Waals surface area contributed by atoms with Gasteiger partial charge in [-0.05, 0) is 61.0 Å². The van der Waals surface area contributed by atoms with Crippen LogP contribution in [0.1, 0.15) is 22.8 Å². The number of hydrogen-bond donors (Lipinski definition) is 1. The third-order valence-electron chi connectivity index (χ3n) is 5.01. The normalized spacial score (nSPS) is 11.3. The third-order valence-corrected chi connectivity index (χ3v) is 5.01. The van der Waals surface area contributed by atoms with Gasteiger partial charge in [-0.2, -0.15) is 0 Å². The van der Waals surface area contributed by atoms with E-state index < -0.39 is 6.36 Å². The molecule has 0 radical (unpaired) electrons. The first kappa shape index (κ1) is 23.1. The molecule has 4 aromatic rings. The minimum atomic E-state index is -4.78. The molecule has 0 unspecified atom stereocenters. The van der Waals surface area contributed by atoms with Gasteiger partial charge >= 0.3 is 6.36 Å². The zero-order chi connectivity index (χ0) is 24.1. The summed E-state index contributed by atoms with van der Waals surface area (Å²) in [5, 5.41) is 3.45. The summed E-state index contributed by atoms with van der Waals surface area (Å²) in [7, 11) is 0. The number of fused-ring (bicyclic) bond motifs is 1. The molecule has 34 heavy (non-hydrogen) atoms. The highest BCUT2D eigenvalue weighted by Gasteiger charge is 2.31. The second kappa shape index (κ2) is 9.82.